The first-order valence-corrected chi connectivity index (χ1v) is 11.0. The van der Waals surface area contributed by atoms with Crippen LogP contribution in [0.1, 0.15) is 38.8 Å². The summed E-state index contributed by atoms with van der Waals surface area (Å²) in [7, 11) is 0. The van der Waals surface area contributed by atoms with E-state index >= 15 is 0 Å². The van der Waals surface area contributed by atoms with Gasteiger partial charge in [0.15, 0.2) is 5.96 Å². The summed E-state index contributed by atoms with van der Waals surface area (Å²) in [4.78, 5) is 11.6. The van der Waals surface area contributed by atoms with Crippen LogP contribution in [0.2, 0.25) is 0 Å². The summed E-state index contributed by atoms with van der Waals surface area (Å²) in [5.74, 6) is 1.50. The number of benzene rings is 1. The normalized spacial score (nSPS) is 17.0. The van der Waals surface area contributed by atoms with E-state index in [-0.39, 0.29) is 41.3 Å². The minimum absolute atomic E-state index is 0. The number of halogens is 2. The van der Waals surface area contributed by atoms with Gasteiger partial charge in [-0.15, -0.1) is 24.0 Å². The van der Waals surface area contributed by atoms with Crippen LogP contribution in [0.5, 0.6) is 0 Å². The summed E-state index contributed by atoms with van der Waals surface area (Å²) >= 11 is 0. The Morgan fingerprint density at radius 1 is 1.28 bits per heavy atom. The second-order valence-corrected chi connectivity index (χ2v) is 8.60. The van der Waals surface area contributed by atoms with Crippen molar-refractivity contribution >= 4 is 35.8 Å². The highest BCUT2D eigenvalue weighted by Crippen LogP contribution is 2.23. The van der Waals surface area contributed by atoms with E-state index < -0.39 is 0 Å². The molecule has 176 valence electrons. The summed E-state index contributed by atoms with van der Waals surface area (Å²) in [5.41, 5.74) is 1.76. The van der Waals surface area contributed by atoms with Crippen LogP contribution in [-0.4, -0.2) is 49.8 Å². The Kier molecular flexibility index (Phi) is 10.1. The van der Waals surface area contributed by atoms with Crippen molar-refractivity contribution < 1.29 is 9.13 Å². The van der Waals surface area contributed by atoms with Crippen LogP contribution in [0.15, 0.2) is 47.6 Å². The molecule has 32 heavy (non-hydrogen) atoms. The third-order valence-corrected chi connectivity index (χ3v) is 5.44. The molecule has 6 nitrogen and oxygen atoms in total. The third kappa shape index (κ3) is 7.58. The minimum atomic E-state index is -0.239. The van der Waals surface area contributed by atoms with E-state index in [1.807, 2.05) is 19.2 Å². The minimum Gasteiger partial charge on any atom is -0.375 e. The van der Waals surface area contributed by atoms with Gasteiger partial charge in [0.2, 0.25) is 0 Å². The first-order chi connectivity index (χ1) is 14.9. The molecular formula is C24H35FIN5O. The molecule has 1 aliphatic heterocycles. The molecular weight excluding hydrogens is 520 g/mol. The maximum atomic E-state index is 13.6. The third-order valence-electron chi connectivity index (χ3n) is 5.44. The number of anilines is 1. The first kappa shape index (κ1) is 26.3. The molecule has 1 fully saturated rings. The molecule has 2 heterocycles. The van der Waals surface area contributed by atoms with E-state index in [0.717, 1.165) is 49.1 Å². The highest BCUT2D eigenvalue weighted by Gasteiger charge is 2.21. The van der Waals surface area contributed by atoms with Crippen molar-refractivity contribution in [1.29, 1.82) is 0 Å². The van der Waals surface area contributed by atoms with Crippen LogP contribution in [0.25, 0.3) is 0 Å². The van der Waals surface area contributed by atoms with Gasteiger partial charge in [0.05, 0.1) is 19.3 Å². The van der Waals surface area contributed by atoms with E-state index in [9.17, 15) is 4.39 Å². The lowest BCUT2D eigenvalue weighted by Gasteiger charge is -2.32. The van der Waals surface area contributed by atoms with Gasteiger partial charge < -0.3 is 20.3 Å². The Bertz CT molecular complexity index is 875. The first-order valence-electron chi connectivity index (χ1n) is 11.0. The smallest absolute Gasteiger partial charge is 0.191 e. The lowest BCUT2D eigenvalue weighted by Crippen LogP contribution is -2.43. The van der Waals surface area contributed by atoms with Crippen molar-refractivity contribution in [2.45, 2.75) is 45.8 Å². The molecule has 0 aliphatic carbocycles. The zero-order chi connectivity index (χ0) is 22.3. The lowest BCUT2D eigenvalue weighted by atomic mass is 9.84. The zero-order valence-electron chi connectivity index (χ0n) is 19.4. The van der Waals surface area contributed by atoms with Crippen molar-refractivity contribution in [3.8, 4) is 0 Å². The average molecular weight is 555 g/mol. The predicted molar refractivity (Wildman–Crippen MR) is 140 cm³/mol. The molecule has 1 saturated heterocycles. The van der Waals surface area contributed by atoms with Crippen LogP contribution in [-0.2, 0) is 16.7 Å². The molecule has 1 aromatic heterocycles. The topological polar surface area (TPSA) is 61.8 Å². The molecule has 8 heteroatoms. The highest BCUT2D eigenvalue weighted by molar-refractivity contribution is 14.0. The largest absolute Gasteiger partial charge is 0.375 e. The second-order valence-electron chi connectivity index (χ2n) is 8.60. The van der Waals surface area contributed by atoms with Crippen LogP contribution in [0.3, 0.4) is 0 Å². The molecule has 0 saturated carbocycles. The van der Waals surface area contributed by atoms with E-state index in [1.165, 1.54) is 6.07 Å². The van der Waals surface area contributed by atoms with Gasteiger partial charge in [-0.25, -0.2) is 14.4 Å². The Balaban J connectivity index is 0.00000363. The van der Waals surface area contributed by atoms with Gasteiger partial charge in [0.1, 0.15) is 11.6 Å². The molecule has 1 unspecified atom stereocenters. The van der Waals surface area contributed by atoms with Gasteiger partial charge in [0, 0.05) is 37.8 Å². The Morgan fingerprint density at radius 3 is 2.75 bits per heavy atom. The van der Waals surface area contributed by atoms with Gasteiger partial charge in [-0.05, 0) is 43.2 Å². The molecule has 1 atom stereocenters. The summed E-state index contributed by atoms with van der Waals surface area (Å²) < 4.78 is 19.2. The van der Waals surface area contributed by atoms with Gasteiger partial charge in [-0.1, -0.05) is 32.0 Å². The van der Waals surface area contributed by atoms with E-state index in [4.69, 9.17) is 9.73 Å². The van der Waals surface area contributed by atoms with E-state index in [2.05, 4.69) is 53.4 Å². The SMILES string of the molecule is CCNC(=NCc1ccc(N2CCOC(C)C2)nc1)NCC(C)(C)c1cccc(F)c1.I. The molecule has 0 bridgehead atoms. The van der Waals surface area contributed by atoms with Gasteiger partial charge >= 0.3 is 0 Å². The number of morpholine rings is 1. The molecule has 2 aromatic rings. The summed E-state index contributed by atoms with van der Waals surface area (Å²) in [6.07, 6.45) is 2.12. The quantitative estimate of drug-likeness (QED) is 0.306. The van der Waals surface area contributed by atoms with Crippen molar-refractivity contribution in [1.82, 2.24) is 15.6 Å². The summed E-state index contributed by atoms with van der Waals surface area (Å²) in [6, 6.07) is 10.9. The Morgan fingerprint density at radius 2 is 2.09 bits per heavy atom. The number of aliphatic imine (C=N–C) groups is 1. The maximum Gasteiger partial charge on any atom is 0.191 e. The number of ether oxygens (including phenoxy) is 1. The number of nitrogens with one attached hydrogen (secondary N) is 2. The van der Waals surface area contributed by atoms with Gasteiger partial charge in [-0.2, -0.15) is 0 Å². The van der Waals surface area contributed by atoms with Crippen molar-refractivity contribution in [2.24, 2.45) is 4.99 Å². The lowest BCUT2D eigenvalue weighted by molar-refractivity contribution is 0.0529. The number of hydrogen-bond donors (Lipinski definition) is 2. The monoisotopic (exact) mass is 555 g/mol. The number of rotatable bonds is 7. The van der Waals surface area contributed by atoms with Crippen LogP contribution < -0.4 is 15.5 Å². The van der Waals surface area contributed by atoms with Crippen LogP contribution in [0.4, 0.5) is 10.2 Å². The fourth-order valence-electron chi connectivity index (χ4n) is 3.55. The van der Waals surface area contributed by atoms with E-state index in [1.54, 1.807) is 12.1 Å². The summed E-state index contributed by atoms with van der Waals surface area (Å²) in [6.45, 7) is 12.7. The number of hydrogen-bond acceptors (Lipinski definition) is 4. The second kappa shape index (κ2) is 12.3. The molecule has 0 amide bonds. The standard InChI is InChI=1S/C24H34FN5O.HI/c1-5-26-23(29-17-24(3,4)20-7-6-8-21(25)13-20)28-15-19-9-10-22(27-14-19)30-11-12-31-18(2)16-30;/h6-10,13-14,18H,5,11-12,15-17H2,1-4H3,(H2,26,28,29);1H. The number of aromatic nitrogens is 1. The number of guanidine groups is 1. The van der Waals surface area contributed by atoms with Crippen LogP contribution >= 0.6 is 24.0 Å². The molecule has 1 aromatic carbocycles. The number of pyridine rings is 1. The fraction of sp³-hybridized carbons (Fsp3) is 0.500. The van der Waals surface area contributed by atoms with Crippen molar-refractivity contribution in [2.75, 3.05) is 37.7 Å². The molecule has 3 rings (SSSR count). The predicted octanol–water partition coefficient (Wildman–Crippen LogP) is 4.10. The highest BCUT2D eigenvalue weighted by atomic mass is 127. The number of nitrogens with zero attached hydrogens (tertiary/aromatic N) is 3. The van der Waals surface area contributed by atoms with Crippen molar-refractivity contribution in [3.63, 3.8) is 0 Å². The molecule has 0 radical (unpaired) electrons. The van der Waals surface area contributed by atoms with Gasteiger partial charge in [0.25, 0.3) is 0 Å². The Hall–Kier alpha value is -1.94. The molecule has 1 aliphatic rings. The van der Waals surface area contributed by atoms with Gasteiger partial charge in [-0.3, -0.25) is 0 Å². The maximum absolute atomic E-state index is 13.6. The average Bonchev–Trinajstić information content (AvgIpc) is 2.76. The zero-order valence-corrected chi connectivity index (χ0v) is 21.7. The summed E-state index contributed by atoms with van der Waals surface area (Å²) in [5, 5.41) is 6.67. The van der Waals surface area contributed by atoms with Crippen molar-refractivity contribution in [3.05, 3.63) is 59.5 Å². The van der Waals surface area contributed by atoms with E-state index in [0.29, 0.717) is 13.1 Å². The molecule has 0 spiro atoms. The molecule has 2 N–H and O–H groups in total. The fourth-order valence-corrected chi connectivity index (χ4v) is 3.55. The van der Waals surface area contributed by atoms with Crippen LogP contribution in [0, 0.1) is 5.82 Å². The Labute approximate surface area is 208 Å².